The van der Waals surface area contributed by atoms with E-state index in [1.54, 1.807) is 0 Å². The van der Waals surface area contributed by atoms with E-state index in [0.29, 0.717) is 12.8 Å². The molecule has 4 amide bonds. The SMILES string of the molecule is COC(C)C(C(=O)NO)N1C(=O)NC(CCc2ccccc2)C1=O. The molecule has 3 atom stereocenters. The van der Waals surface area contributed by atoms with Gasteiger partial charge in [0.05, 0.1) is 6.10 Å². The second kappa shape index (κ2) is 7.89. The first-order valence-corrected chi connectivity index (χ1v) is 7.63. The van der Waals surface area contributed by atoms with Crippen LogP contribution >= 0.6 is 0 Å². The number of amides is 4. The maximum Gasteiger partial charge on any atom is 0.325 e. The molecule has 24 heavy (non-hydrogen) atoms. The minimum Gasteiger partial charge on any atom is -0.379 e. The van der Waals surface area contributed by atoms with Crippen LogP contribution in [0.3, 0.4) is 0 Å². The summed E-state index contributed by atoms with van der Waals surface area (Å²) >= 11 is 0. The Bertz CT molecular complexity index is 607. The largest absolute Gasteiger partial charge is 0.379 e. The number of nitrogens with zero attached hydrogens (tertiary/aromatic N) is 1. The summed E-state index contributed by atoms with van der Waals surface area (Å²) in [5.41, 5.74) is 2.53. The molecule has 1 heterocycles. The normalized spacial score (nSPS) is 19.8. The summed E-state index contributed by atoms with van der Waals surface area (Å²) in [5.74, 6) is -1.38. The van der Waals surface area contributed by atoms with Crippen molar-refractivity contribution in [2.45, 2.75) is 38.0 Å². The van der Waals surface area contributed by atoms with Gasteiger partial charge in [-0.1, -0.05) is 30.3 Å². The number of ether oxygens (including phenoxy) is 1. The van der Waals surface area contributed by atoms with E-state index in [4.69, 9.17) is 9.94 Å². The van der Waals surface area contributed by atoms with Gasteiger partial charge in [-0.25, -0.2) is 15.2 Å². The summed E-state index contributed by atoms with van der Waals surface area (Å²) in [7, 11) is 1.35. The lowest BCUT2D eigenvalue weighted by molar-refractivity contribution is -0.145. The molecule has 8 heteroatoms. The molecule has 0 aliphatic carbocycles. The number of methoxy groups -OCH3 is 1. The molecular weight excluding hydrogens is 314 g/mol. The Morgan fingerprint density at radius 3 is 2.62 bits per heavy atom. The van der Waals surface area contributed by atoms with E-state index in [9.17, 15) is 14.4 Å². The monoisotopic (exact) mass is 335 g/mol. The fourth-order valence-corrected chi connectivity index (χ4v) is 2.70. The molecule has 0 aromatic heterocycles. The number of benzene rings is 1. The van der Waals surface area contributed by atoms with E-state index < -0.39 is 36.0 Å². The lowest BCUT2D eigenvalue weighted by Crippen LogP contribution is -2.55. The number of carbonyl (C=O) groups excluding carboxylic acids is 3. The highest BCUT2D eigenvalue weighted by Gasteiger charge is 2.46. The van der Waals surface area contributed by atoms with Crippen LogP contribution in [-0.2, 0) is 20.7 Å². The molecule has 1 aliphatic rings. The molecule has 1 saturated heterocycles. The van der Waals surface area contributed by atoms with Gasteiger partial charge in [0, 0.05) is 7.11 Å². The van der Waals surface area contributed by atoms with Crippen molar-refractivity contribution in [1.29, 1.82) is 0 Å². The highest BCUT2D eigenvalue weighted by Crippen LogP contribution is 2.18. The van der Waals surface area contributed by atoms with Crippen LogP contribution < -0.4 is 10.8 Å². The van der Waals surface area contributed by atoms with Gasteiger partial charge >= 0.3 is 6.03 Å². The Morgan fingerprint density at radius 1 is 1.38 bits per heavy atom. The number of carbonyl (C=O) groups is 3. The number of rotatable bonds is 7. The number of imide groups is 1. The Hall–Kier alpha value is -2.45. The number of hydroxylamine groups is 1. The molecule has 1 aromatic carbocycles. The van der Waals surface area contributed by atoms with Gasteiger partial charge in [0.25, 0.3) is 11.8 Å². The van der Waals surface area contributed by atoms with E-state index in [2.05, 4.69) is 5.32 Å². The molecule has 0 bridgehead atoms. The van der Waals surface area contributed by atoms with Gasteiger partial charge in [-0.3, -0.25) is 14.8 Å². The minimum atomic E-state index is -1.24. The number of urea groups is 1. The van der Waals surface area contributed by atoms with Crippen molar-refractivity contribution >= 4 is 17.8 Å². The van der Waals surface area contributed by atoms with E-state index >= 15 is 0 Å². The maximum absolute atomic E-state index is 12.5. The van der Waals surface area contributed by atoms with Crippen molar-refractivity contribution in [2.24, 2.45) is 0 Å². The molecular formula is C16H21N3O5. The first-order valence-electron chi connectivity index (χ1n) is 7.63. The van der Waals surface area contributed by atoms with Gasteiger partial charge < -0.3 is 10.1 Å². The van der Waals surface area contributed by atoms with Crippen LogP contribution in [0.1, 0.15) is 18.9 Å². The topological polar surface area (TPSA) is 108 Å². The zero-order valence-electron chi connectivity index (χ0n) is 13.6. The number of hydrogen-bond donors (Lipinski definition) is 3. The van der Waals surface area contributed by atoms with E-state index in [-0.39, 0.29) is 0 Å². The van der Waals surface area contributed by atoms with Gasteiger partial charge in [-0.05, 0) is 25.3 Å². The van der Waals surface area contributed by atoms with Gasteiger partial charge in [-0.15, -0.1) is 0 Å². The predicted molar refractivity (Wildman–Crippen MR) is 84.1 cm³/mol. The Labute approximate surface area is 139 Å². The second-order valence-electron chi connectivity index (χ2n) is 5.60. The summed E-state index contributed by atoms with van der Waals surface area (Å²) < 4.78 is 5.06. The summed E-state index contributed by atoms with van der Waals surface area (Å²) in [6, 6.07) is 6.96. The van der Waals surface area contributed by atoms with Gasteiger partial charge in [0.1, 0.15) is 12.1 Å². The number of hydrogen-bond acceptors (Lipinski definition) is 5. The smallest absolute Gasteiger partial charge is 0.325 e. The molecule has 0 radical (unpaired) electrons. The highest BCUT2D eigenvalue weighted by atomic mass is 16.5. The van der Waals surface area contributed by atoms with E-state index in [0.717, 1.165) is 10.5 Å². The highest BCUT2D eigenvalue weighted by molar-refractivity contribution is 6.07. The minimum absolute atomic E-state index is 0.417. The lowest BCUT2D eigenvalue weighted by atomic mass is 10.0. The Morgan fingerprint density at radius 2 is 2.04 bits per heavy atom. The second-order valence-corrected chi connectivity index (χ2v) is 5.60. The van der Waals surface area contributed by atoms with Crippen molar-refractivity contribution in [2.75, 3.05) is 7.11 Å². The first kappa shape index (κ1) is 17.9. The van der Waals surface area contributed by atoms with Crippen molar-refractivity contribution in [1.82, 2.24) is 15.7 Å². The van der Waals surface area contributed by atoms with Crippen molar-refractivity contribution in [3.8, 4) is 0 Å². The molecule has 3 N–H and O–H groups in total. The molecule has 0 spiro atoms. The maximum atomic E-state index is 12.5. The van der Waals surface area contributed by atoms with Gasteiger partial charge in [0.2, 0.25) is 0 Å². The standard InChI is InChI=1S/C16H21N3O5/c1-10(24-2)13(14(20)18-23)19-15(21)12(17-16(19)22)9-8-11-6-4-3-5-7-11/h3-7,10,12-13,23H,8-9H2,1-2H3,(H,17,22)(H,18,20). The molecule has 3 unspecified atom stereocenters. The fraction of sp³-hybridized carbons (Fsp3) is 0.438. The third-order valence-electron chi connectivity index (χ3n) is 4.09. The quantitative estimate of drug-likeness (QED) is 0.381. The molecule has 2 rings (SSSR count). The summed E-state index contributed by atoms with van der Waals surface area (Å²) in [6.45, 7) is 1.54. The third-order valence-corrected chi connectivity index (χ3v) is 4.09. The van der Waals surface area contributed by atoms with Crippen LogP contribution in [0, 0.1) is 0 Å². The van der Waals surface area contributed by atoms with Crippen LogP contribution in [-0.4, -0.2) is 53.3 Å². The van der Waals surface area contributed by atoms with Crippen molar-refractivity contribution in [3.05, 3.63) is 35.9 Å². The summed E-state index contributed by atoms with van der Waals surface area (Å²) in [5, 5.41) is 11.5. The van der Waals surface area contributed by atoms with Crippen molar-refractivity contribution in [3.63, 3.8) is 0 Å². The van der Waals surface area contributed by atoms with Crippen LogP contribution in [0.25, 0.3) is 0 Å². The number of nitrogens with one attached hydrogen (secondary N) is 2. The third kappa shape index (κ3) is 3.72. The Kier molecular flexibility index (Phi) is 5.88. The molecule has 1 aromatic rings. The predicted octanol–water partition coefficient (Wildman–Crippen LogP) is 0.449. The fourth-order valence-electron chi connectivity index (χ4n) is 2.70. The van der Waals surface area contributed by atoms with Crippen molar-refractivity contribution < 1.29 is 24.3 Å². The molecule has 8 nitrogen and oxygen atoms in total. The molecule has 1 aliphatic heterocycles. The lowest BCUT2D eigenvalue weighted by Gasteiger charge is -2.27. The van der Waals surface area contributed by atoms with E-state index in [1.165, 1.54) is 19.5 Å². The van der Waals surface area contributed by atoms with Gasteiger partial charge in [0.15, 0.2) is 0 Å². The summed E-state index contributed by atoms with van der Waals surface area (Å²) in [4.78, 5) is 37.4. The molecule has 130 valence electrons. The average molecular weight is 335 g/mol. The molecule has 1 fully saturated rings. The summed E-state index contributed by atoms with van der Waals surface area (Å²) in [6.07, 6.45) is 0.266. The Balaban J connectivity index is 2.10. The molecule has 0 saturated carbocycles. The first-order chi connectivity index (χ1) is 11.5. The van der Waals surface area contributed by atoms with Crippen LogP contribution in [0.2, 0.25) is 0 Å². The van der Waals surface area contributed by atoms with Crippen LogP contribution in [0.4, 0.5) is 4.79 Å². The van der Waals surface area contributed by atoms with Crippen LogP contribution in [0.5, 0.6) is 0 Å². The zero-order valence-corrected chi connectivity index (χ0v) is 13.6. The number of aryl methyl sites for hydroxylation is 1. The average Bonchev–Trinajstić information content (AvgIpc) is 2.88. The van der Waals surface area contributed by atoms with E-state index in [1.807, 2.05) is 30.3 Å². The van der Waals surface area contributed by atoms with Gasteiger partial charge in [-0.2, -0.15) is 0 Å². The zero-order chi connectivity index (χ0) is 17.7. The van der Waals surface area contributed by atoms with Crippen LogP contribution in [0.15, 0.2) is 30.3 Å².